The quantitative estimate of drug-likeness (QED) is 0.627. The summed E-state index contributed by atoms with van der Waals surface area (Å²) >= 11 is 0. The van der Waals surface area contributed by atoms with Gasteiger partial charge >= 0.3 is 0 Å². The van der Waals surface area contributed by atoms with Crippen molar-refractivity contribution < 1.29 is 0 Å². The summed E-state index contributed by atoms with van der Waals surface area (Å²) in [5.41, 5.74) is 0. The van der Waals surface area contributed by atoms with E-state index in [-0.39, 0.29) is 0 Å². The first-order valence-electron chi connectivity index (χ1n) is 5.54. The van der Waals surface area contributed by atoms with E-state index in [2.05, 4.69) is 12.4 Å². The topological polar surface area (TPSA) is 12.0 Å². The predicted molar refractivity (Wildman–Crippen MR) is 49.9 cm³/mol. The van der Waals surface area contributed by atoms with Gasteiger partial charge in [0.15, 0.2) is 0 Å². The lowest BCUT2D eigenvalue weighted by Crippen LogP contribution is -2.41. The van der Waals surface area contributed by atoms with Crippen LogP contribution in [0.4, 0.5) is 0 Å². The highest BCUT2D eigenvalue weighted by atomic mass is 14.9. The van der Waals surface area contributed by atoms with Crippen LogP contribution in [0.15, 0.2) is 0 Å². The molecule has 0 unspecified atom stereocenters. The van der Waals surface area contributed by atoms with Gasteiger partial charge in [-0.3, -0.25) is 0 Å². The summed E-state index contributed by atoms with van der Waals surface area (Å²) in [7, 11) is 2.16. The Morgan fingerprint density at radius 2 is 1.67 bits per heavy atom. The first kappa shape index (κ1) is 7.37. The molecular weight excluding hydrogens is 146 g/mol. The maximum absolute atomic E-state index is 3.53. The number of hydrogen-bond donors (Lipinski definition) is 1. The van der Waals surface area contributed by atoms with Gasteiger partial charge in [-0.05, 0) is 62.8 Å². The molecule has 0 aliphatic heterocycles. The van der Waals surface area contributed by atoms with Crippen molar-refractivity contribution in [2.75, 3.05) is 7.05 Å². The highest BCUT2D eigenvalue weighted by Crippen LogP contribution is 2.54. The molecular formula is C11H19N. The zero-order valence-corrected chi connectivity index (χ0v) is 7.92. The summed E-state index contributed by atoms with van der Waals surface area (Å²) in [6, 6.07) is 0.876. The van der Waals surface area contributed by atoms with Gasteiger partial charge in [-0.1, -0.05) is 0 Å². The van der Waals surface area contributed by atoms with Crippen LogP contribution in [0.1, 0.15) is 32.1 Å². The molecule has 3 saturated carbocycles. The molecule has 0 saturated heterocycles. The van der Waals surface area contributed by atoms with Crippen molar-refractivity contribution in [2.24, 2.45) is 23.7 Å². The second kappa shape index (κ2) is 2.47. The number of fused-ring (bicyclic) bond motifs is 2. The van der Waals surface area contributed by atoms with Crippen LogP contribution < -0.4 is 5.32 Å². The van der Waals surface area contributed by atoms with Gasteiger partial charge in [0.1, 0.15) is 0 Å². The van der Waals surface area contributed by atoms with Gasteiger partial charge in [0.25, 0.3) is 0 Å². The maximum Gasteiger partial charge on any atom is 0.00977 e. The highest BCUT2D eigenvalue weighted by Gasteiger charge is 2.48. The molecule has 0 aromatic carbocycles. The third-order valence-corrected chi connectivity index (χ3v) is 4.62. The molecule has 0 aromatic heterocycles. The molecule has 12 heavy (non-hydrogen) atoms. The average Bonchev–Trinajstić information content (AvgIpc) is 2.29. The molecule has 3 aliphatic rings. The zero-order chi connectivity index (χ0) is 8.13. The van der Waals surface area contributed by atoms with Crippen LogP contribution in [0.5, 0.6) is 0 Å². The number of hydrogen-bond acceptors (Lipinski definition) is 1. The molecule has 0 amide bonds. The molecule has 5 atom stereocenters. The SMILES string of the molecule is CN[C@@H]1C[C@H]2C[C@@H]3C[C@H](C2)[C@H]1C3. The lowest BCUT2D eigenvalue weighted by molar-refractivity contribution is 0.142. The predicted octanol–water partition coefficient (Wildman–Crippen LogP) is 2.03. The summed E-state index contributed by atoms with van der Waals surface area (Å²) in [6.45, 7) is 0. The highest BCUT2D eigenvalue weighted by molar-refractivity contribution is 5.00. The van der Waals surface area contributed by atoms with Gasteiger partial charge in [0, 0.05) is 6.04 Å². The molecule has 0 heterocycles. The first-order chi connectivity index (χ1) is 5.86. The molecule has 3 bridgehead atoms. The van der Waals surface area contributed by atoms with E-state index in [9.17, 15) is 0 Å². The zero-order valence-electron chi connectivity index (χ0n) is 7.92. The van der Waals surface area contributed by atoms with Crippen molar-refractivity contribution in [2.45, 2.75) is 38.1 Å². The fourth-order valence-corrected chi connectivity index (χ4v) is 4.29. The molecule has 1 nitrogen and oxygen atoms in total. The molecule has 0 spiro atoms. The molecule has 3 rings (SSSR count). The smallest absolute Gasteiger partial charge is 0.00977 e. The van der Waals surface area contributed by atoms with Crippen LogP contribution in [-0.2, 0) is 0 Å². The Balaban J connectivity index is 1.88. The minimum atomic E-state index is 0.876. The average molecular weight is 165 g/mol. The molecule has 3 fully saturated rings. The third-order valence-electron chi connectivity index (χ3n) is 4.62. The fraction of sp³-hybridized carbons (Fsp3) is 1.00. The largest absolute Gasteiger partial charge is 0.317 e. The van der Waals surface area contributed by atoms with Crippen LogP contribution in [0.3, 0.4) is 0 Å². The Morgan fingerprint density at radius 3 is 2.42 bits per heavy atom. The van der Waals surface area contributed by atoms with Crippen LogP contribution in [0, 0.1) is 23.7 Å². The van der Waals surface area contributed by atoms with Crippen LogP contribution >= 0.6 is 0 Å². The minimum absolute atomic E-state index is 0.876. The van der Waals surface area contributed by atoms with Gasteiger partial charge in [-0.15, -0.1) is 0 Å². The second-order valence-corrected chi connectivity index (χ2v) is 5.23. The van der Waals surface area contributed by atoms with Crippen molar-refractivity contribution in [3.05, 3.63) is 0 Å². The monoisotopic (exact) mass is 165 g/mol. The van der Waals surface area contributed by atoms with Crippen LogP contribution in [0.25, 0.3) is 0 Å². The minimum Gasteiger partial charge on any atom is -0.317 e. The van der Waals surface area contributed by atoms with E-state index in [1.807, 2.05) is 0 Å². The van der Waals surface area contributed by atoms with Crippen molar-refractivity contribution in [3.8, 4) is 0 Å². The summed E-state index contributed by atoms with van der Waals surface area (Å²) in [5, 5.41) is 3.53. The summed E-state index contributed by atoms with van der Waals surface area (Å²) in [6.07, 6.45) is 7.73. The van der Waals surface area contributed by atoms with E-state index in [1.54, 1.807) is 25.7 Å². The van der Waals surface area contributed by atoms with Crippen molar-refractivity contribution >= 4 is 0 Å². The molecule has 1 heteroatoms. The molecule has 0 radical (unpaired) electrons. The lowest BCUT2D eigenvalue weighted by Gasteiger charge is -2.39. The molecule has 0 aromatic rings. The van der Waals surface area contributed by atoms with E-state index < -0.39 is 0 Å². The summed E-state index contributed by atoms with van der Waals surface area (Å²) in [4.78, 5) is 0. The van der Waals surface area contributed by atoms with Crippen molar-refractivity contribution in [3.63, 3.8) is 0 Å². The number of rotatable bonds is 1. The maximum atomic E-state index is 3.53. The first-order valence-corrected chi connectivity index (χ1v) is 5.54. The van der Waals surface area contributed by atoms with Gasteiger partial charge in [-0.2, -0.15) is 0 Å². The molecule has 68 valence electrons. The van der Waals surface area contributed by atoms with E-state index in [0.29, 0.717) is 0 Å². The standard InChI is InChI=1S/C11H19N/c1-12-11-6-8-2-7-3-9(4-8)10(11)5-7/h7-12H,2-6H2,1H3/t7-,8+,9-,10-,11-/m1/s1. The van der Waals surface area contributed by atoms with Gasteiger partial charge in [0.05, 0.1) is 0 Å². The second-order valence-electron chi connectivity index (χ2n) is 5.23. The van der Waals surface area contributed by atoms with Gasteiger partial charge in [-0.25, -0.2) is 0 Å². The molecule has 3 aliphatic carbocycles. The van der Waals surface area contributed by atoms with E-state index in [0.717, 1.165) is 29.7 Å². The fourth-order valence-electron chi connectivity index (χ4n) is 4.29. The van der Waals surface area contributed by atoms with Crippen LogP contribution in [-0.4, -0.2) is 13.1 Å². The summed E-state index contributed by atoms with van der Waals surface area (Å²) in [5.74, 6) is 4.38. The van der Waals surface area contributed by atoms with Crippen molar-refractivity contribution in [1.82, 2.24) is 5.32 Å². The number of nitrogens with one attached hydrogen (secondary N) is 1. The third kappa shape index (κ3) is 0.891. The Labute approximate surface area is 74.9 Å². The Morgan fingerprint density at radius 1 is 0.917 bits per heavy atom. The van der Waals surface area contributed by atoms with Gasteiger partial charge < -0.3 is 5.32 Å². The van der Waals surface area contributed by atoms with E-state index >= 15 is 0 Å². The van der Waals surface area contributed by atoms with E-state index in [4.69, 9.17) is 0 Å². The van der Waals surface area contributed by atoms with Crippen LogP contribution in [0.2, 0.25) is 0 Å². The lowest BCUT2D eigenvalue weighted by atomic mass is 9.70. The van der Waals surface area contributed by atoms with Crippen molar-refractivity contribution in [1.29, 1.82) is 0 Å². The Kier molecular flexibility index (Phi) is 1.52. The van der Waals surface area contributed by atoms with Gasteiger partial charge in [0.2, 0.25) is 0 Å². The molecule has 1 N–H and O–H groups in total. The van der Waals surface area contributed by atoms with E-state index in [1.165, 1.54) is 6.42 Å². The Hall–Kier alpha value is -0.0400. The Bertz CT molecular complexity index is 187. The normalized spacial score (nSPS) is 56.2. The summed E-state index contributed by atoms with van der Waals surface area (Å²) < 4.78 is 0.